The summed E-state index contributed by atoms with van der Waals surface area (Å²) in [7, 11) is 0. The van der Waals surface area contributed by atoms with E-state index in [2.05, 4.69) is 5.32 Å². The molecule has 0 aromatic carbocycles. The summed E-state index contributed by atoms with van der Waals surface area (Å²) in [5, 5.41) is 21.5. The number of nitrogens with one attached hydrogen (secondary N) is 1. The van der Waals surface area contributed by atoms with E-state index >= 15 is 0 Å². The van der Waals surface area contributed by atoms with Crippen LogP contribution in [0.5, 0.6) is 0 Å². The van der Waals surface area contributed by atoms with Gasteiger partial charge in [-0.2, -0.15) is 0 Å². The maximum Gasteiger partial charge on any atom is 0.307 e. The minimum absolute atomic E-state index is 0.0466. The normalized spacial score (nSPS) is 29.7. The van der Waals surface area contributed by atoms with Crippen molar-refractivity contribution in [3.8, 4) is 0 Å². The van der Waals surface area contributed by atoms with Crippen LogP contribution in [0.3, 0.4) is 0 Å². The molecule has 0 radical (unpaired) electrons. The van der Waals surface area contributed by atoms with Gasteiger partial charge >= 0.3 is 5.97 Å². The van der Waals surface area contributed by atoms with E-state index in [4.69, 9.17) is 5.11 Å². The lowest BCUT2D eigenvalue weighted by atomic mass is 9.84. The summed E-state index contributed by atoms with van der Waals surface area (Å²) in [4.78, 5) is 10.8. The number of hydrogen-bond donors (Lipinski definition) is 3. The summed E-state index contributed by atoms with van der Waals surface area (Å²) < 4.78 is 0. The molecule has 0 spiro atoms. The fourth-order valence-electron chi connectivity index (χ4n) is 2.34. The number of aliphatic hydroxyl groups excluding tert-OH is 1. The van der Waals surface area contributed by atoms with E-state index in [9.17, 15) is 9.90 Å². The van der Waals surface area contributed by atoms with Crippen LogP contribution in [0.2, 0.25) is 0 Å². The molecule has 0 aromatic rings. The first kappa shape index (κ1) is 13.5. The molecular formula is C12H23NO3. The van der Waals surface area contributed by atoms with Crippen molar-refractivity contribution in [3.05, 3.63) is 0 Å². The Bertz CT molecular complexity index is 232. The maximum absolute atomic E-state index is 10.8. The topological polar surface area (TPSA) is 69.6 Å². The van der Waals surface area contributed by atoms with Crippen LogP contribution in [0.25, 0.3) is 0 Å². The first-order chi connectivity index (χ1) is 7.56. The van der Waals surface area contributed by atoms with E-state index in [-0.39, 0.29) is 30.5 Å². The number of aliphatic hydroxyl groups is 1. The van der Waals surface area contributed by atoms with Gasteiger partial charge in [0.05, 0.1) is 5.92 Å². The number of carbonyl (C=O) groups is 1. The zero-order valence-corrected chi connectivity index (χ0v) is 10.1. The van der Waals surface area contributed by atoms with Gasteiger partial charge in [-0.1, -0.05) is 19.8 Å². The minimum Gasteiger partial charge on any atom is -0.481 e. The van der Waals surface area contributed by atoms with E-state index in [0.717, 1.165) is 12.8 Å². The largest absolute Gasteiger partial charge is 0.481 e. The van der Waals surface area contributed by atoms with E-state index in [1.807, 2.05) is 6.92 Å². The molecule has 1 aliphatic carbocycles. The molecule has 1 fully saturated rings. The van der Waals surface area contributed by atoms with E-state index in [0.29, 0.717) is 0 Å². The summed E-state index contributed by atoms with van der Waals surface area (Å²) in [6, 6.07) is 0.227. The Morgan fingerprint density at radius 1 is 1.38 bits per heavy atom. The maximum atomic E-state index is 10.8. The second-order valence-electron chi connectivity index (χ2n) is 4.92. The number of carboxylic acids is 1. The minimum atomic E-state index is -0.767. The third-order valence-corrected chi connectivity index (χ3v) is 3.76. The highest BCUT2D eigenvalue weighted by molar-refractivity contribution is 5.70. The second-order valence-corrected chi connectivity index (χ2v) is 4.92. The average molecular weight is 229 g/mol. The molecule has 1 saturated carbocycles. The first-order valence-electron chi connectivity index (χ1n) is 6.16. The zero-order chi connectivity index (χ0) is 12.1. The summed E-state index contributed by atoms with van der Waals surface area (Å²) in [6.45, 7) is 3.82. The van der Waals surface area contributed by atoms with Crippen molar-refractivity contribution in [2.75, 3.05) is 6.61 Å². The van der Waals surface area contributed by atoms with Gasteiger partial charge in [-0.3, -0.25) is 4.79 Å². The molecule has 1 rings (SSSR count). The molecule has 4 nitrogen and oxygen atoms in total. The number of hydrogen-bond acceptors (Lipinski definition) is 3. The van der Waals surface area contributed by atoms with Gasteiger partial charge in [0.25, 0.3) is 0 Å². The average Bonchev–Trinajstić information content (AvgIpc) is 2.28. The predicted octanol–water partition coefficient (Wildman–Crippen LogP) is 1.24. The highest BCUT2D eigenvalue weighted by Crippen LogP contribution is 2.24. The highest BCUT2D eigenvalue weighted by Gasteiger charge is 2.28. The van der Waals surface area contributed by atoms with Crippen LogP contribution < -0.4 is 5.32 Å². The molecule has 94 valence electrons. The molecular weight excluding hydrogens is 206 g/mol. The van der Waals surface area contributed by atoms with Crippen LogP contribution in [0.15, 0.2) is 0 Å². The second kappa shape index (κ2) is 6.21. The molecule has 4 heteroatoms. The Balaban J connectivity index is 2.47. The van der Waals surface area contributed by atoms with Gasteiger partial charge in [0.1, 0.15) is 0 Å². The molecule has 0 saturated heterocycles. The van der Waals surface area contributed by atoms with Gasteiger partial charge in [0.15, 0.2) is 0 Å². The van der Waals surface area contributed by atoms with Gasteiger partial charge in [-0.15, -0.1) is 0 Å². The van der Waals surface area contributed by atoms with Crippen molar-refractivity contribution in [3.63, 3.8) is 0 Å². The standard InChI is InChI=1S/C12H23NO3/c1-8(12(15)16)9(2)13-11-6-4-3-5-10(11)7-14/h8-11,13-14H,3-7H2,1-2H3,(H,15,16). The lowest BCUT2D eigenvalue weighted by Gasteiger charge is -2.34. The number of carboxylic acid groups (broad SMARTS) is 1. The van der Waals surface area contributed by atoms with Crippen molar-refractivity contribution < 1.29 is 15.0 Å². The van der Waals surface area contributed by atoms with Gasteiger partial charge < -0.3 is 15.5 Å². The Morgan fingerprint density at radius 2 is 2.00 bits per heavy atom. The van der Waals surface area contributed by atoms with E-state index in [1.165, 1.54) is 12.8 Å². The lowest BCUT2D eigenvalue weighted by Crippen LogP contribution is -2.48. The number of aliphatic carboxylic acids is 1. The molecule has 4 atom stereocenters. The third kappa shape index (κ3) is 3.46. The van der Waals surface area contributed by atoms with Crippen LogP contribution in [-0.2, 0) is 4.79 Å². The predicted molar refractivity (Wildman–Crippen MR) is 62.2 cm³/mol. The molecule has 1 aliphatic rings. The quantitative estimate of drug-likeness (QED) is 0.663. The van der Waals surface area contributed by atoms with E-state index < -0.39 is 5.97 Å². The van der Waals surface area contributed by atoms with Crippen molar-refractivity contribution in [2.24, 2.45) is 11.8 Å². The van der Waals surface area contributed by atoms with Crippen molar-refractivity contribution >= 4 is 5.97 Å². The number of rotatable bonds is 5. The Kier molecular flexibility index (Phi) is 5.22. The molecule has 3 N–H and O–H groups in total. The third-order valence-electron chi connectivity index (χ3n) is 3.76. The summed E-state index contributed by atoms with van der Waals surface area (Å²) in [5.41, 5.74) is 0. The van der Waals surface area contributed by atoms with Gasteiger partial charge in [0.2, 0.25) is 0 Å². The summed E-state index contributed by atoms with van der Waals surface area (Å²) in [5.74, 6) is -0.866. The van der Waals surface area contributed by atoms with Gasteiger partial charge in [0, 0.05) is 18.7 Å². The van der Waals surface area contributed by atoms with Crippen LogP contribution in [0, 0.1) is 11.8 Å². The fraction of sp³-hybridized carbons (Fsp3) is 0.917. The highest BCUT2D eigenvalue weighted by atomic mass is 16.4. The van der Waals surface area contributed by atoms with Crippen LogP contribution in [-0.4, -0.2) is 34.9 Å². The molecule has 16 heavy (non-hydrogen) atoms. The first-order valence-corrected chi connectivity index (χ1v) is 6.16. The van der Waals surface area contributed by atoms with Crippen molar-refractivity contribution in [1.82, 2.24) is 5.32 Å². The molecule has 0 aliphatic heterocycles. The molecule has 0 heterocycles. The van der Waals surface area contributed by atoms with Gasteiger partial charge in [-0.25, -0.2) is 0 Å². The van der Waals surface area contributed by atoms with Crippen LogP contribution in [0.4, 0.5) is 0 Å². The van der Waals surface area contributed by atoms with E-state index in [1.54, 1.807) is 6.92 Å². The SMILES string of the molecule is CC(NC1CCCCC1CO)C(C)C(=O)O. The van der Waals surface area contributed by atoms with Gasteiger partial charge in [-0.05, 0) is 25.7 Å². The monoisotopic (exact) mass is 229 g/mol. The van der Waals surface area contributed by atoms with Crippen LogP contribution >= 0.6 is 0 Å². The summed E-state index contributed by atoms with van der Waals surface area (Å²) in [6.07, 6.45) is 4.43. The smallest absolute Gasteiger partial charge is 0.307 e. The van der Waals surface area contributed by atoms with Crippen LogP contribution in [0.1, 0.15) is 39.5 Å². The Hall–Kier alpha value is -0.610. The molecule has 0 amide bonds. The zero-order valence-electron chi connectivity index (χ0n) is 10.1. The molecule has 4 unspecified atom stereocenters. The fourth-order valence-corrected chi connectivity index (χ4v) is 2.34. The van der Waals surface area contributed by atoms with Crippen molar-refractivity contribution in [2.45, 2.75) is 51.6 Å². The molecule has 0 bridgehead atoms. The summed E-state index contributed by atoms with van der Waals surface area (Å²) >= 11 is 0. The lowest BCUT2D eigenvalue weighted by molar-refractivity contribution is -0.142. The Morgan fingerprint density at radius 3 is 2.56 bits per heavy atom. The molecule has 0 aromatic heterocycles. The Labute approximate surface area is 97.0 Å². The van der Waals surface area contributed by atoms with Crippen molar-refractivity contribution in [1.29, 1.82) is 0 Å².